The highest BCUT2D eigenvalue weighted by atomic mass is 32.2. The maximum absolute atomic E-state index is 9.22. The molecule has 2 N–H and O–H groups in total. The normalized spacial score (nSPS) is 17.3. The molecule has 1 atom stereocenters. The van der Waals surface area contributed by atoms with Crippen molar-refractivity contribution in [3.63, 3.8) is 0 Å². The van der Waals surface area contributed by atoms with E-state index in [-0.39, 0.29) is 12.6 Å². The van der Waals surface area contributed by atoms with Crippen LogP contribution in [0.15, 0.2) is 30.3 Å². The number of hydrogen-bond donors (Lipinski definition) is 2. The fourth-order valence-electron chi connectivity index (χ4n) is 1.63. The zero-order valence-electron chi connectivity index (χ0n) is 9.43. The van der Waals surface area contributed by atoms with Gasteiger partial charge in [-0.15, -0.1) is 0 Å². The highest BCUT2D eigenvalue weighted by molar-refractivity contribution is 7.98. The van der Waals surface area contributed by atoms with Gasteiger partial charge in [-0.05, 0) is 18.4 Å². The number of aliphatic hydroxyl groups is 1. The Morgan fingerprint density at radius 1 is 1.31 bits per heavy atom. The number of thioether (sulfide) groups is 1. The van der Waals surface area contributed by atoms with Crippen LogP contribution in [0.3, 0.4) is 0 Å². The SMILES string of the molecule is OCC(CSCc1ccccc1)NC1CC1. The standard InChI is InChI=1S/C13H19NOS/c15-8-13(14-12-6-7-12)10-16-9-11-4-2-1-3-5-11/h1-5,12-15H,6-10H2. The van der Waals surface area contributed by atoms with Crippen molar-refractivity contribution in [1.29, 1.82) is 0 Å². The molecule has 1 aromatic carbocycles. The van der Waals surface area contributed by atoms with Crippen LogP contribution >= 0.6 is 11.8 Å². The van der Waals surface area contributed by atoms with Crippen LogP contribution in [-0.2, 0) is 5.75 Å². The molecule has 0 bridgehead atoms. The van der Waals surface area contributed by atoms with Crippen molar-refractivity contribution in [3.05, 3.63) is 35.9 Å². The van der Waals surface area contributed by atoms with E-state index in [0.29, 0.717) is 6.04 Å². The third-order valence-corrected chi connectivity index (χ3v) is 3.88. The third kappa shape index (κ3) is 4.16. The van der Waals surface area contributed by atoms with Crippen molar-refractivity contribution in [2.75, 3.05) is 12.4 Å². The van der Waals surface area contributed by atoms with Gasteiger partial charge in [0.2, 0.25) is 0 Å². The Bertz CT molecular complexity index is 300. The van der Waals surface area contributed by atoms with Crippen LogP contribution in [0.2, 0.25) is 0 Å². The molecule has 0 heterocycles. The van der Waals surface area contributed by atoms with Gasteiger partial charge < -0.3 is 10.4 Å². The predicted molar refractivity (Wildman–Crippen MR) is 69.6 cm³/mol. The fourth-order valence-corrected chi connectivity index (χ4v) is 2.66. The maximum Gasteiger partial charge on any atom is 0.0592 e. The molecule has 0 saturated heterocycles. The topological polar surface area (TPSA) is 32.3 Å². The van der Waals surface area contributed by atoms with Gasteiger partial charge in [0.15, 0.2) is 0 Å². The van der Waals surface area contributed by atoms with E-state index in [1.54, 1.807) is 0 Å². The molecule has 16 heavy (non-hydrogen) atoms. The average Bonchev–Trinajstić information content (AvgIpc) is 3.13. The van der Waals surface area contributed by atoms with Gasteiger partial charge in [-0.3, -0.25) is 0 Å². The molecular weight excluding hydrogens is 218 g/mol. The second kappa shape index (κ2) is 6.28. The van der Waals surface area contributed by atoms with E-state index in [9.17, 15) is 5.11 Å². The molecule has 0 radical (unpaired) electrons. The first-order valence-corrected chi connectivity index (χ1v) is 7.02. The zero-order valence-corrected chi connectivity index (χ0v) is 10.2. The molecule has 3 heteroatoms. The number of rotatable bonds is 7. The molecule has 0 aromatic heterocycles. The van der Waals surface area contributed by atoms with Crippen LogP contribution < -0.4 is 5.32 Å². The first kappa shape index (κ1) is 12.0. The molecule has 1 fully saturated rings. The van der Waals surface area contributed by atoms with Crippen LogP contribution in [0.1, 0.15) is 18.4 Å². The van der Waals surface area contributed by atoms with Crippen molar-refractivity contribution in [3.8, 4) is 0 Å². The minimum Gasteiger partial charge on any atom is -0.395 e. The highest BCUT2D eigenvalue weighted by Crippen LogP contribution is 2.20. The van der Waals surface area contributed by atoms with Gasteiger partial charge in [-0.2, -0.15) is 11.8 Å². The highest BCUT2D eigenvalue weighted by Gasteiger charge is 2.23. The first-order chi connectivity index (χ1) is 7.88. The number of hydrogen-bond acceptors (Lipinski definition) is 3. The molecule has 1 unspecified atom stereocenters. The Hall–Kier alpha value is -0.510. The quantitative estimate of drug-likeness (QED) is 0.761. The zero-order chi connectivity index (χ0) is 11.2. The number of benzene rings is 1. The Morgan fingerprint density at radius 2 is 2.06 bits per heavy atom. The minimum atomic E-state index is 0.248. The van der Waals surface area contributed by atoms with Crippen LogP contribution in [-0.4, -0.2) is 29.5 Å². The monoisotopic (exact) mass is 237 g/mol. The summed E-state index contributed by atoms with van der Waals surface area (Å²) in [5, 5.41) is 12.7. The van der Waals surface area contributed by atoms with Gasteiger partial charge in [0.25, 0.3) is 0 Å². The molecule has 2 nitrogen and oxygen atoms in total. The molecular formula is C13H19NOS. The lowest BCUT2D eigenvalue weighted by atomic mass is 10.2. The summed E-state index contributed by atoms with van der Waals surface area (Å²) in [7, 11) is 0. The number of nitrogens with one attached hydrogen (secondary N) is 1. The Morgan fingerprint density at radius 3 is 2.69 bits per heavy atom. The van der Waals surface area contributed by atoms with E-state index in [1.807, 2.05) is 17.8 Å². The van der Waals surface area contributed by atoms with E-state index in [2.05, 4.69) is 29.6 Å². The molecule has 0 spiro atoms. The largest absolute Gasteiger partial charge is 0.395 e. The molecule has 88 valence electrons. The fraction of sp³-hybridized carbons (Fsp3) is 0.538. The van der Waals surface area contributed by atoms with E-state index >= 15 is 0 Å². The van der Waals surface area contributed by atoms with Crippen molar-refractivity contribution >= 4 is 11.8 Å². The lowest BCUT2D eigenvalue weighted by molar-refractivity contribution is 0.253. The summed E-state index contributed by atoms with van der Waals surface area (Å²) in [6.07, 6.45) is 2.56. The van der Waals surface area contributed by atoms with Crippen LogP contribution in [0.5, 0.6) is 0 Å². The smallest absolute Gasteiger partial charge is 0.0592 e. The van der Waals surface area contributed by atoms with Crippen LogP contribution in [0.25, 0.3) is 0 Å². The summed E-state index contributed by atoms with van der Waals surface area (Å²) in [5.74, 6) is 2.02. The second-order valence-electron chi connectivity index (χ2n) is 4.32. The lowest BCUT2D eigenvalue weighted by Gasteiger charge is -2.15. The van der Waals surface area contributed by atoms with E-state index in [4.69, 9.17) is 0 Å². The maximum atomic E-state index is 9.22. The summed E-state index contributed by atoms with van der Waals surface area (Å²) in [6, 6.07) is 11.4. The van der Waals surface area contributed by atoms with Gasteiger partial charge in [0, 0.05) is 23.6 Å². The Balaban J connectivity index is 1.65. The molecule has 1 saturated carbocycles. The minimum absolute atomic E-state index is 0.248. The predicted octanol–water partition coefficient (Wildman–Crippen LogP) is 2.03. The van der Waals surface area contributed by atoms with E-state index in [1.165, 1.54) is 18.4 Å². The molecule has 0 amide bonds. The van der Waals surface area contributed by atoms with Gasteiger partial charge >= 0.3 is 0 Å². The molecule has 1 aliphatic rings. The van der Waals surface area contributed by atoms with Gasteiger partial charge in [-0.1, -0.05) is 30.3 Å². The third-order valence-electron chi connectivity index (χ3n) is 2.70. The van der Waals surface area contributed by atoms with E-state index < -0.39 is 0 Å². The Kier molecular flexibility index (Phi) is 4.69. The van der Waals surface area contributed by atoms with Crippen LogP contribution in [0.4, 0.5) is 0 Å². The summed E-state index contributed by atoms with van der Waals surface area (Å²) < 4.78 is 0. The van der Waals surface area contributed by atoms with Crippen molar-refractivity contribution in [1.82, 2.24) is 5.32 Å². The van der Waals surface area contributed by atoms with Gasteiger partial charge in [0.1, 0.15) is 0 Å². The Labute approximate surface area is 101 Å². The van der Waals surface area contributed by atoms with Crippen molar-refractivity contribution in [2.24, 2.45) is 0 Å². The van der Waals surface area contributed by atoms with Gasteiger partial charge in [0.05, 0.1) is 6.61 Å². The van der Waals surface area contributed by atoms with Crippen LogP contribution in [0, 0.1) is 0 Å². The van der Waals surface area contributed by atoms with E-state index in [0.717, 1.165) is 11.5 Å². The first-order valence-electron chi connectivity index (χ1n) is 5.87. The molecule has 0 aliphatic heterocycles. The molecule has 1 aliphatic carbocycles. The number of aliphatic hydroxyl groups excluding tert-OH is 1. The lowest BCUT2D eigenvalue weighted by Crippen LogP contribution is -2.36. The van der Waals surface area contributed by atoms with Crippen molar-refractivity contribution < 1.29 is 5.11 Å². The summed E-state index contributed by atoms with van der Waals surface area (Å²) in [6.45, 7) is 0.248. The second-order valence-corrected chi connectivity index (χ2v) is 5.35. The molecule has 2 rings (SSSR count). The average molecular weight is 237 g/mol. The molecule has 1 aromatic rings. The summed E-state index contributed by atoms with van der Waals surface area (Å²) in [4.78, 5) is 0. The van der Waals surface area contributed by atoms with Gasteiger partial charge in [-0.25, -0.2) is 0 Å². The summed E-state index contributed by atoms with van der Waals surface area (Å²) in [5.41, 5.74) is 1.36. The summed E-state index contributed by atoms with van der Waals surface area (Å²) >= 11 is 1.89. The van der Waals surface area contributed by atoms with Crippen molar-refractivity contribution in [2.45, 2.75) is 30.7 Å².